The Morgan fingerprint density at radius 2 is 2.10 bits per heavy atom. The topological polar surface area (TPSA) is 61.8 Å². The van der Waals surface area contributed by atoms with Gasteiger partial charge in [-0.3, -0.25) is 4.79 Å². The van der Waals surface area contributed by atoms with Crippen molar-refractivity contribution in [3.05, 3.63) is 0 Å². The Kier molecular flexibility index (Phi) is 6.91. The Balaban J connectivity index is 0.00000220. The van der Waals surface area contributed by atoms with Crippen molar-refractivity contribution in [1.82, 2.24) is 10.2 Å². The Hall–Kier alpha value is -0.360. The second kappa shape index (κ2) is 7.77. The third-order valence-electron chi connectivity index (χ3n) is 5.05. The average molecular weight is 321 g/mol. The van der Waals surface area contributed by atoms with E-state index in [0.29, 0.717) is 13.2 Å². The number of carbonyl (C=O) groups excluding carboxylic acids is 1. The van der Waals surface area contributed by atoms with Gasteiger partial charge < -0.3 is 20.1 Å². The van der Waals surface area contributed by atoms with Crippen LogP contribution in [0, 0.1) is 11.3 Å². The van der Waals surface area contributed by atoms with Crippen LogP contribution < -0.4 is 5.32 Å². The number of aliphatic hydroxyl groups excluding tert-OH is 1. The van der Waals surface area contributed by atoms with Gasteiger partial charge in [-0.05, 0) is 26.8 Å². The first kappa shape index (κ1) is 18.7. The van der Waals surface area contributed by atoms with Crippen LogP contribution >= 0.6 is 12.4 Å². The van der Waals surface area contributed by atoms with E-state index in [1.54, 1.807) is 0 Å². The molecule has 3 unspecified atom stereocenters. The molecule has 1 amide bonds. The zero-order valence-corrected chi connectivity index (χ0v) is 14.1. The SMILES string of the molecule is CCOC1CC(O)C12CCN(C(=O)C(C)CNC)CC2.Cl. The van der Waals surface area contributed by atoms with Gasteiger partial charge in [-0.25, -0.2) is 0 Å². The lowest BCUT2D eigenvalue weighted by Gasteiger charge is -2.56. The highest BCUT2D eigenvalue weighted by Crippen LogP contribution is 2.50. The number of aliphatic hydroxyl groups is 1. The maximum absolute atomic E-state index is 12.3. The van der Waals surface area contributed by atoms with Crippen LogP contribution in [0.2, 0.25) is 0 Å². The van der Waals surface area contributed by atoms with Gasteiger partial charge in [0.05, 0.1) is 12.2 Å². The van der Waals surface area contributed by atoms with Crippen molar-refractivity contribution < 1.29 is 14.6 Å². The largest absolute Gasteiger partial charge is 0.392 e. The molecule has 3 atom stereocenters. The minimum atomic E-state index is -0.258. The van der Waals surface area contributed by atoms with Crippen LogP contribution in [-0.2, 0) is 9.53 Å². The summed E-state index contributed by atoms with van der Waals surface area (Å²) < 4.78 is 5.75. The van der Waals surface area contributed by atoms with E-state index >= 15 is 0 Å². The molecule has 21 heavy (non-hydrogen) atoms. The van der Waals surface area contributed by atoms with Gasteiger partial charge in [0.25, 0.3) is 0 Å². The van der Waals surface area contributed by atoms with E-state index in [1.807, 2.05) is 25.8 Å². The van der Waals surface area contributed by atoms with Crippen LogP contribution in [0.1, 0.15) is 33.1 Å². The van der Waals surface area contributed by atoms with E-state index in [-0.39, 0.29) is 41.9 Å². The summed E-state index contributed by atoms with van der Waals surface area (Å²) in [6.07, 6.45) is 2.38. The first-order valence-electron chi connectivity index (χ1n) is 7.78. The minimum absolute atomic E-state index is 0. The van der Waals surface area contributed by atoms with Crippen LogP contribution in [0.25, 0.3) is 0 Å². The second-order valence-corrected chi connectivity index (χ2v) is 6.21. The molecule has 1 heterocycles. The maximum Gasteiger partial charge on any atom is 0.226 e. The molecule has 0 aromatic carbocycles. The van der Waals surface area contributed by atoms with Crippen LogP contribution in [0.15, 0.2) is 0 Å². The number of rotatable bonds is 5. The number of carbonyl (C=O) groups is 1. The Bertz CT molecular complexity index is 344. The smallest absolute Gasteiger partial charge is 0.226 e. The zero-order chi connectivity index (χ0) is 14.8. The van der Waals surface area contributed by atoms with Gasteiger partial charge in [0.15, 0.2) is 0 Å². The first-order chi connectivity index (χ1) is 9.55. The molecule has 1 aliphatic heterocycles. The highest BCUT2D eigenvalue weighted by atomic mass is 35.5. The molecular formula is C15H29ClN2O3. The minimum Gasteiger partial charge on any atom is -0.392 e. The van der Waals surface area contributed by atoms with Crippen molar-refractivity contribution in [2.24, 2.45) is 11.3 Å². The summed E-state index contributed by atoms with van der Waals surface area (Å²) >= 11 is 0. The fourth-order valence-electron chi connectivity index (χ4n) is 3.67. The van der Waals surface area contributed by atoms with Crippen molar-refractivity contribution in [3.8, 4) is 0 Å². The molecule has 2 N–H and O–H groups in total. The summed E-state index contributed by atoms with van der Waals surface area (Å²) in [5, 5.41) is 13.2. The maximum atomic E-state index is 12.3. The number of ether oxygens (including phenoxy) is 1. The van der Waals surface area contributed by atoms with E-state index in [0.717, 1.165) is 32.4 Å². The molecule has 1 saturated heterocycles. The van der Waals surface area contributed by atoms with Crippen molar-refractivity contribution in [2.75, 3.05) is 33.3 Å². The normalized spacial score (nSPS) is 28.7. The fourth-order valence-corrected chi connectivity index (χ4v) is 3.67. The molecular weight excluding hydrogens is 292 g/mol. The monoisotopic (exact) mass is 320 g/mol. The molecule has 1 saturated carbocycles. The lowest BCUT2D eigenvalue weighted by atomic mass is 9.58. The number of nitrogens with zero attached hydrogens (tertiary/aromatic N) is 1. The number of hydrogen-bond donors (Lipinski definition) is 2. The number of likely N-dealkylation sites (tertiary alicyclic amines) is 1. The number of halogens is 1. The Labute approximate surface area is 133 Å². The van der Waals surface area contributed by atoms with Crippen LogP contribution in [0.4, 0.5) is 0 Å². The molecule has 0 bridgehead atoms. The third kappa shape index (κ3) is 3.52. The molecule has 5 nitrogen and oxygen atoms in total. The van der Waals surface area contributed by atoms with Gasteiger partial charge in [0.1, 0.15) is 0 Å². The van der Waals surface area contributed by atoms with Crippen molar-refractivity contribution in [3.63, 3.8) is 0 Å². The van der Waals surface area contributed by atoms with Crippen molar-refractivity contribution >= 4 is 18.3 Å². The molecule has 1 aliphatic carbocycles. The molecule has 1 spiro atoms. The summed E-state index contributed by atoms with van der Waals surface area (Å²) in [6, 6.07) is 0. The molecule has 2 fully saturated rings. The molecule has 2 aliphatic rings. The van der Waals surface area contributed by atoms with Crippen LogP contribution in [0.3, 0.4) is 0 Å². The number of piperidine rings is 1. The van der Waals surface area contributed by atoms with Gasteiger partial charge in [-0.15, -0.1) is 12.4 Å². The Morgan fingerprint density at radius 1 is 1.48 bits per heavy atom. The number of hydrogen-bond acceptors (Lipinski definition) is 4. The van der Waals surface area contributed by atoms with Crippen molar-refractivity contribution in [1.29, 1.82) is 0 Å². The second-order valence-electron chi connectivity index (χ2n) is 6.21. The van der Waals surface area contributed by atoms with Gasteiger partial charge in [0, 0.05) is 44.0 Å². The summed E-state index contributed by atoms with van der Waals surface area (Å²) in [4.78, 5) is 14.2. The van der Waals surface area contributed by atoms with Gasteiger partial charge in [0.2, 0.25) is 5.91 Å². The molecule has 6 heteroatoms. The van der Waals surface area contributed by atoms with Crippen LogP contribution in [0.5, 0.6) is 0 Å². The number of nitrogens with one attached hydrogen (secondary N) is 1. The standard InChI is InChI=1S/C15H28N2O3.ClH/c1-4-20-13-9-12(18)15(13)5-7-17(8-6-15)14(19)11(2)10-16-3;/h11-13,16,18H,4-10H2,1-3H3;1H. The lowest BCUT2D eigenvalue weighted by molar-refractivity contribution is -0.210. The van der Waals surface area contributed by atoms with Gasteiger partial charge in [-0.1, -0.05) is 6.92 Å². The summed E-state index contributed by atoms with van der Waals surface area (Å²) in [7, 11) is 1.87. The molecule has 2 rings (SSSR count). The molecule has 0 aromatic heterocycles. The molecule has 0 radical (unpaired) electrons. The quantitative estimate of drug-likeness (QED) is 0.794. The van der Waals surface area contributed by atoms with E-state index in [4.69, 9.17) is 4.74 Å². The van der Waals surface area contributed by atoms with Crippen molar-refractivity contribution in [2.45, 2.75) is 45.3 Å². The predicted molar refractivity (Wildman–Crippen MR) is 84.6 cm³/mol. The average Bonchev–Trinajstić information content (AvgIpc) is 2.47. The third-order valence-corrected chi connectivity index (χ3v) is 5.05. The summed E-state index contributed by atoms with van der Waals surface area (Å²) in [5.74, 6) is 0.235. The van der Waals surface area contributed by atoms with E-state index in [1.165, 1.54) is 0 Å². The molecule has 0 aromatic rings. The van der Waals surface area contributed by atoms with E-state index in [2.05, 4.69) is 5.32 Å². The van der Waals surface area contributed by atoms with Gasteiger partial charge in [-0.2, -0.15) is 0 Å². The fraction of sp³-hybridized carbons (Fsp3) is 0.933. The van der Waals surface area contributed by atoms with E-state index in [9.17, 15) is 9.90 Å². The lowest BCUT2D eigenvalue weighted by Crippen LogP contribution is -2.63. The highest BCUT2D eigenvalue weighted by molar-refractivity contribution is 5.85. The van der Waals surface area contributed by atoms with Crippen LogP contribution in [-0.4, -0.2) is 61.4 Å². The molecule has 124 valence electrons. The Morgan fingerprint density at radius 3 is 2.57 bits per heavy atom. The zero-order valence-electron chi connectivity index (χ0n) is 13.3. The summed E-state index contributed by atoms with van der Waals surface area (Å²) in [6.45, 7) is 6.85. The van der Waals surface area contributed by atoms with Gasteiger partial charge >= 0.3 is 0 Å². The number of amides is 1. The summed E-state index contributed by atoms with van der Waals surface area (Å²) in [5.41, 5.74) is -0.0982. The first-order valence-corrected chi connectivity index (χ1v) is 7.78. The highest BCUT2D eigenvalue weighted by Gasteiger charge is 2.56. The van der Waals surface area contributed by atoms with E-state index < -0.39 is 0 Å². The predicted octanol–water partition coefficient (Wildman–Crippen LogP) is 1.04.